The molecule has 2 fully saturated rings. The third kappa shape index (κ3) is 1.47. The summed E-state index contributed by atoms with van der Waals surface area (Å²) < 4.78 is 0. The molecule has 0 saturated carbocycles. The van der Waals surface area contributed by atoms with E-state index in [9.17, 15) is 19.2 Å². The third-order valence-electron chi connectivity index (χ3n) is 4.20. The van der Waals surface area contributed by atoms with E-state index in [1.54, 1.807) is 24.3 Å². The predicted molar refractivity (Wildman–Crippen MR) is 75.2 cm³/mol. The van der Waals surface area contributed by atoms with Gasteiger partial charge < -0.3 is 10.0 Å². The number of β-lactam (4-membered cyclic amide) rings is 1. The van der Waals surface area contributed by atoms with Crippen molar-refractivity contribution in [3.63, 3.8) is 0 Å². The lowest BCUT2D eigenvalue weighted by molar-refractivity contribution is -0.160. The van der Waals surface area contributed by atoms with Gasteiger partial charge >= 0.3 is 5.97 Å². The zero-order valence-electron chi connectivity index (χ0n) is 11.1. The molecule has 8 heteroatoms. The van der Waals surface area contributed by atoms with Gasteiger partial charge in [0.1, 0.15) is 17.5 Å². The monoisotopic (exact) mass is 318 g/mol. The number of carboxylic acids is 1. The van der Waals surface area contributed by atoms with E-state index in [1.165, 1.54) is 16.7 Å². The Morgan fingerprint density at radius 3 is 2.27 bits per heavy atom. The molecule has 3 amide bonds. The summed E-state index contributed by atoms with van der Waals surface area (Å²) in [6.45, 7) is 0. The lowest BCUT2D eigenvalue weighted by Crippen LogP contribution is -2.70. The number of benzene rings is 1. The summed E-state index contributed by atoms with van der Waals surface area (Å²) in [7, 11) is 0. The van der Waals surface area contributed by atoms with E-state index >= 15 is 0 Å². The van der Waals surface area contributed by atoms with Crippen LogP contribution in [0.4, 0.5) is 0 Å². The highest BCUT2D eigenvalue weighted by Gasteiger charge is 2.62. The molecule has 0 aliphatic carbocycles. The van der Waals surface area contributed by atoms with E-state index in [1.807, 2.05) is 0 Å². The summed E-state index contributed by atoms with van der Waals surface area (Å²) in [4.78, 5) is 50.4. The van der Waals surface area contributed by atoms with Crippen molar-refractivity contribution in [2.24, 2.45) is 0 Å². The summed E-state index contributed by atoms with van der Waals surface area (Å²) in [6.07, 6.45) is 0. The van der Waals surface area contributed by atoms with Crippen molar-refractivity contribution in [2.75, 3.05) is 5.75 Å². The van der Waals surface area contributed by atoms with Crippen LogP contribution in [-0.4, -0.2) is 61.8 Å². The van der Waals surface area contributed by atoms with E-state index in [-0.39, 0.29) is 16.9 Å². The van der Waals surface area contributed by atoms with Crippen molar-refractivity contribution in [1.82, 2.24) is 9.80 Å². The second-order valence-electron chi connectivity index (χ2n) is 5.29. The molecule has 3 aliphatic rings. The van der Waals surface area contributed by atoms with Gasteiger partial charge in [-0.1, -0.05) is 12.1 Å². The first-order chi connectivity index (χ1) is 10.5. The quantitative estimate of drug-likeness (QED) is 0.610. The molecule has 3 aliphatic heterocycles. The van der Waals surface area contributed by atoms with Crippen molar-refractivity contribution in [2.45, 2.75) is 17.5 Å². The summed E-state index contributed by atoms with van der Waals surface area (Å²) in [5.74, 6) is -2.25. The minimum absolute atomic E-state index is 0.269. The Kier molecular flexibility index (Phi) is 2.62. The Morgan fingerprint density at radius 2 is 1.73 bits per heavy atom. The van der Waals surface area contributed by atoms with Gasteiger partial charge in [0.05, 0.1) is 11.1 Å². The fourth-order valence-corrected chi connectivity index (χ4v) is 4.65. The van der Waals surface area contributed by atoms with E-state index in [0.29, 0.717) is 0 Å². The molecule has 22 heavy (non-hydrogen) atoms. The van der Waals surface area contributed by atoms with Gasteiger partial charge in [-0.15, -0.1) is 11.8 Å². The minimum atomic E-state index is -1.07. The van der Waals surface area contributed by atoms with Gasteiger partial charge in [0.25, 0.3) is 17.7 Å². The van der Waals surface area contributed by atoms with Gasteiger partial charge in [0.2, 0.25) is 0 Å². The Hall–Kier alpha value is -2.35. The van der Waals surface area contributed by atoms with Crippen molar-refractivity contribution in [3.8, 4) is 0 Å². The van der Waals surface area contributed by atoms with Gasteiger partial charge in [-0.05, 0) is 12.1 Å². The van der Waals surface area contributed by atoms with E-state index in [4.69, 9.17) is 5.11 Å². The summed E-state index contributed by atoms with van der Waals surface area (Å²) in [5, 5.41) is 8.63. The Morgan fingerprint density at radius 1 is 1.14 bits per heavy atom. The van der Waals surface area contributed by atoms with Gasteiger partial charge in [-0.2, -0.15) is 0 Å². The molecule has 0 spiro atoms. The Balaban J connectivity index is 1.66. The molecule has 2 unspecified atom stereocenters. The van der Waals surface area contributed by atoms with Crippen LogP contribution in [0, 0.1) is 0 Å². The Bertz CT molecular complexity index is 714. The molecule has 1 aromatic rings. The van der Waals surface area contributed by atoms with Crippen molar-refractivity contribution >= 4 is 35.5 Å². The topological polar surface area (TPSA) is 95.0 Å². The average molecular weight is 318 g/mol. The predicted octanol–water partition coefficient (Wildman–Crippen LogP) is 0.0195. The Labute approximate surface area is 128 Å². The highest BCUT2D eigenvalue weighted by molar-refractivity contribution is 8.00. The molecule has 4 rings (SSSR count). The smallest absolute Gasteiger partial charge is 0.327 e. The fourth-order valence-electron chi connectivity index (χ4n) is 3.13. The molecular formula is C14H10N2O5S. The lowest BCUT2D eigenvalue weighted by atomic mass is 10.0. The zero-order valence-corrected chi connectivity index (χ0v) is 11.9. The maximum Gasteiger partial charge on any atom is 0.327 e. The number of amides is 3. The molecule has 7 nitrogen and oxygen atoms in total. The number of hydrogen-bond donors (Lipinski definition) is 1. The lowest BCUT2D eigenvalue weighted by Gasteiger charge is -2.46. The van der Waals surface area contributed by atoms with Crippen LogP contribution in [0.2, 0.25) is 0 Å². The summed E-state index contributed by atoms with van der Waals surface area (Å²) >= 11 is 1.29. The van der Waals surface area contributed by atoms with E-state index in [2.05, 4.69) is 0 Å². The second-order valence-corrected chi connectivity index (χ2v) is 6.44. The van der Waals surface area contributed by atoms with Crippen LogP contribution < -0.4 is 0 Å². The number of hydrogen-bond acceptors (Lipinski definition) is 5. The fraction of sp³-hybridized carbons (Fsp3) is 0.286. The number of nitrogens with zero attached hydrogens (tertiary/aromatic N) is 2. The molecule has 2 saturated heterocycles. The molecule has 3 atom stereocenters. The van der Waals surface area contributed by atoms with Crippen LogP contribution in [0.25, 0.3) is 0 Å². The molecule has 112 valence electrons. The molecule has 0 aromatic heterocycles. The SMILES string of the molecule is O=C(O)C1CS[C@@H]2C(N3C(=O)c4ccccc4C3=O)C(=O)N12. The highest BCUT2D eigenvalue weighted by Crippen LogP contribution is 2.43. The normalized spacial score (nSPS) is 29.5. The average Bonchev–Trinajstić information content (AvgIpc) is 3.01. The first kappa shape index (κ1) is 13.3. The van der Waals surface area contributed by atoms with Crippen molar-refractivity contribution in [3.05, 3.63) is 35.4 Å². The van der Waals surface area contributed by atoms with Crippen molar-refractivity contribution in [1.29, 1.82) is 0 Å². The highest BCUT2D eigenvalue weighted by atomic mass is 32.2. The first-order valence-electron chi connectivity index (χ1n) is 6.66. The molecule has 0 radical (unpaired) electrons. The molecular weight excluding hydrogens is 308 g/mol. The van der Waals surface area contributed by atoms with Crippen LogP contribution in [-0.2, 0) is 9.59 Å². The number of rotatable bonds is 2. The molecule has 1 aromatic carbocycles. The van der Waals surface area contributed by atoms with Crippen molar-refractivity contribution < 1.29 is 24.3 Å². The summed E-state index contributed by atoms with van der Waals surface area (Å²) in [6, 6.07) is 4.65. The maximum atomic E-state index is 12.4. The van der Waals surface area contributed by atoms with Gasteiger partial charge in [-0.3, -0.25) is 19.3 Å². The van der Waals surface area contributed by atoms with Crippen LogP contribution in [0.3, 0.4) is 0 Å². The minimum Gasteiger partial charge on any atom is -0.480 e. The maximum absolute atomic E-state index is 12.4. The largest absolute Gasteiger partial charge is 0.480 e. The number of aliphatic carboxylic acids is 1. The van der Waals surface area contributed by atoms with Crippen LogP contribution in [0.1, 0.15) is 20.7 Å². The standard InChI is InChI=1S/C14H10N2O5S/c17-10-6-3-1-2-4-7(6)11(18)16(10)9-12(19)15-8(14(20)21)5-22-13(9)15/h1-4,8-9,13H,5H2,(H,20,21)/t8?,9?,13-/m1/s1. The number of carboxylic acid groups (broad SMARTS) is 1. The second kappa shape index (κ2) is 4.33. The van der Waals surface area contributed by atoms with E-state index < -0.39 is 41.1 Å². The molecule has 0 bridgehead atoms. The van der Waals surface area contributed by atoms with Crippen LogP contribution in [0.15, 0.2) is 24.3 Å². The molecule has 1 N–H and O–H groups in total. The zero-order chi connectivity index (χ0) is 15.6. The number of thioether (sulfide) groups is 1. The first-order valence-corrected chi connectivity index (χ1v) is 7.70. The number of carbonyl (C=O) groups is 4. The summed E-state index contributed by atoms with van der Waals surface area (Å²) in [5.41, 5.74) is 0.577. The molecule has 3 heterocycles. The van der Waals surface area contributed by atoms with Gasteiger partial charge in [-0.25, -0.2) is 4.79 Å². The van der Waals surface area contributed by atoms with E-state index in [0.717, 1.165) is 4.90 Å². The van der Waals surface area contributed by atoms with Crippen LogP contribution >= 0.6 is 11.8 Å². The number of imide groups is 1. The third-order valence-corrected chi connectivity index (χ3v) is 5.54. The number of carbonyl (C=O) groups excluding carboxylic acids is 3. The number of fused-ring (bicyclic) bond motifs is 2. The van der Waals surface area contributed by atoms with Crippen LogP contribution in [0.5, 0.6) is 0 Å². The van der Waals surface area contributed by atoms with Gasteiger partial charge in [0, 0.05) is 5.75 Å². The van der Waals surface area contributed by atoms with Gasteiger partial charge in [0.15, 0.2) is 0 Å².